The van der Waals surface area contributed by atoms with Gasteiger partial charge >= 0.3 is 0 Å². The van der Waals surface area contributed by atoms with Crippen molar-refractivity contribution >= 4 is 16.8 Å². The third-order valence-corrected chi connectivity index (χ3v) is 5.09. The van der Waals surface area contributed by atoms with Crippen LogP contribution in [0.3, 0.4) is 0 Å². The van der Waals surface area contributed by atoms with Gasteiger partial charge in [-0.25, -0.2) is 4.98 Å². The van der Waals surface area contributed by atoms with E-state index >= 15 is 0 Å². The van der Waals surface area contributed by atoms with Gasteiger partial charge in [-0.3, -0.25) is 9.69 Å². The lowest BCUT2D eigenvalue weighted by molar-refractivity contribution is 0.0619. The smallest absolute Gasteiger partial charge is 0.270 e. The molecule has 1 aromatic carbocycles. The maximum absolute atomic E-state index is 12.8. The number of benzene rings is 1. The average Bonchev–Trinajstić information content (AvgIpc) is 3.28. The quantitative estimate of drug-likeness (QED) is 0.786. The van der Waals surface area contributed by atoms with Crippen molar-refractivity contribution in [2.24, 2.45) is 0 Å². The topological polar surface area (TPSA) is 57.2 Å². The van der Waals surface area contributed by atoms with Gasteiger partial charge in [0.25, 0.3) is 5.91 Å². The first-order valence-electron chi connectivity index (χ1n) is 9.23. The molecule has 1 amide bonds. The second kappa shape index (κ2) is 6.96. The fraction of sp³-hybridized carbons (Fsp3) is 0.400. The lowest BCUT2D eigenvalue weighted by Crippen LogP contribution is -2.48. The third kappa shape index (κ3) is 3.24. The molecule has 1 aliphatic heterocycles. The lowest BCUT2D eigenvalue weighted by atomic mass is 10.2. The molecule has 6 heteroatoms. The summed E-state index contributed by atoms with van der Waals surface area (Å²) >= 11 is 0. The van der Waals surface area contributed by atoms with Crippen LogP contribution in [0.4, 0.5) is 0 Å². The van der Waals surface area contributed by atoms with Crippen LogP contribution < -0.4 is 0 Å². The van der Waals surface area contributed by atoms with Crippen molar-refractivity contribution in [3.05, 3.63) is 54.2 Å². The Morgan fingerprint density at radius 3 is 2.69 bits per heavy atom. The number of fused-ring (bicyclic) bond motifs is 1. The molecule has 1 N–H and O–H groups in total. The second-order valence-electron chi connectivity index (χ2n) is 7.18. The van der Waals surface area contributed by atoms with Gasteiger partial charge in [-0.2, -0.15) is 0 Å². The molecule has 136 valence electrons. The SMILES string of the molecule is CC(C)n1ccnc1CN1CCN(C(=O)c2cc3ccccc3[nH]2)CC1. The molecule has 0 radical (unpaired) electrons. The highest BCUT2D eigenvalue weighted by Crippen LogP contribution is 2.17. The van der Waals surface area contributed by atoms with Crippen molar-refractivity contribution in [2.75, 3.05) is 26.2 Å². The Bertz CT molecular complexity index is 869. The molecule has 1 saturated heterocycles. The minimum Gasteiger partial charge on any atom is -0.351 e. The number of hydrogen-bond acceptors (Lipinski definition) is 3. The molecule has 3 heterocycles. The summed E-state index contributed by atoms with van der Waals surface area (Å²) in [5.74, 6) is 1.18. The molecule has 3 aromatic rings. The van der Waals surface area contributed by atoms with Crippen LogP contribution in [0, 0.1) is 0 Å². The highest BCUT2D eigenvalue weighted by molar-refractivity contribution is 5.98. The van der Waals surface area contributed by atoms with E-state index in [2.05, 4.69) is 33.3 Å². The van der Waals surface area contributed by atoms with Crippen LogP contribution in [0.1, 0.15) is 36.2 Å². The van der Waals surface area contributed by atoms with Gasteiger partial charge in [0, 0.05) is 55.5 Å². The van der Waals surface area contributed by atoms with Crippen LogP contribution in [0.5, 0.6) is 0 Å². The number of carbonyl (C=O) groups excluding carboxylic acids is 1. The zero-order valence-electron chi connectivity index (χ0n) is 15.4. The maximum Gasteiger partial charge on any atom is 0.270 e. The molecule has 0 unspecified atom stereocenters. The molecule has 2 aromatic heterocycles. The number of rotatable bonds is 4. The Morgan fingerprint density at radius 2 is 1.96 bits per heavy atom. The first kappa shape index (κ1) is 16.8. The molecule has 0 atom stereocenters. The molecule has 1 fully saturated rings. The predicted molar refractivity (Wildman–Crippen MR) is 102 cm³/mol. The zero-order valence-corrected chi connectivity index (χ0v) is 15.4. The van der Waals surface area contributed by atoms with Crippen LogP contribution in [0.15, 0.2) is 42.7 Å². The fourth-order valence-corrected chi connectivity index (χ4v) is 3.60. The lowest BCUT2D eigenvalue weighted by Gasteiger charge is -2.34. The summed E-state index contributed by atoms with van der Waals surface area (Å²) in [6.07, 6.45) is 3.90. The van der Waals surface area contributed by atoms with Crippen molar-refractivity contribution < 1.29 is 4.79 Å². The number of amides is 1. The van der Waals surface area contributed by atoms with Gasteiger partial charge in [0.15, 0.2) is 0 Å². The Labute approximate surface area is 153 Å². The van der Waals surface area contributed by atoms with Crippen LogP contribution >= 0.6 is 0 Å². The summed E-state index contributed by atoms with van der Waals surface area (Å²) in [7, 11) is 0. The van der Waals surface area contributed by atoms with Gasteiger partial charge < -0.3 is 14.5 Å². The summed E-state index contributed by atoms with van der Waals surface area (Å²) in [6.45, 7) is 8.41. The Kier molecular flexibility index (Phi) is 4.51. The highest BCUT2D eigenvalue weighted by Gasteiger charge is 2.24. The fourth-order valence-electron chi connectivity index (χ4n) is 3.60. The Morgan fingerprint density at radius 1 is 1.19 bits per heavy atom. The van der Waals surface area contributed by atoms with Gasteiger partial charge in [-0.1, -0.05) is 18.2 Å². The van der Waals surface area contributed by atoms with E-state index in [0.29, 0.717) is 11.7 Å². The highest BCUT2D eigenvalue weighted by atomic mass is 16.2. The van der Waals surface area contributed by atoms with E-state index in [1.165, 1.54) is 0 Å². The molecule has 26 heavy (non-hydrogen) atoms. The van der Waals surface area contributed by atoms with Crippen molar-refractivity contribution in [1.82, 2.24) is 24.3 Å². The normalized spacial score (nSPS) is 15.9. The van der Waals surface area contributed by atoms with E-state index in [1.807, 2.05) is 47.6 Å². The maximum atomic E-state index is 12.8. The summed E-state index contributed by atoms with van der Waals surface area (Å²) in [4.78, 5) is 24.8. The van der Waals surface area contributed by atoms with Crippen LogP contribution in [-0.2, 0) is 6.54 Å². The molecule has 0 bridgehead atoms. The minimum atomic E-state index is 0.0875. The van der Waals surface area contributed by atoms with Gasteiger partial charge in [0.2, 0.25) is 0 Å². The van der Waals surface area contributed by atoms with Gasteiger partial charge in [-0.05, 0) is 26.0 Å². The van der Waals surface area contributed by atoms with Crippen LogP contribution in [0.2, 0.25) is 0 Å². The van der Waals surface area contributed by atoms with Crippen molar-refractivity contribution in [3.63, 3.8) is 0 Å². The number of aromatic amines is 1. The number of piperazine rings is 1. The molecule has 1 aliphatic rings. The number of imidazole rings is 1. The number of aromatic nitrogens is 3. The van der Waals surface area contributed by atoms with E-state index in [4.69, 9.17) is 0 Å². The molecule has 0 aliphatic carbocycles. The number of hydrogen-bond donors (Lipinski definition) is 1. The number of nitrogens with one attached hydrogen (secondary N) is 1. The van der Waals surface area contributed by atoms with Crippen molar-refractivity contribution in [1.29, 1.82) is 0 Å². The van der Waals surface area contributed by atoms with Crippen molar-refractivity contribution in [3.8, 4) is 0 Å². The van der Waals surface area contributed by atoms with Crippen molar-refractivity contribution in [2.45, 2.75) is 26.4 Å². The molecular formula is C20H25N5O. The van der Waals surface area contributed by atoms with Gasteiger partial charge in [0.05, 0.1) is 6.54 Å². The molecule has 6 nitrogen and oxygen atoms in total. The minimum absolute atomic E-state index is 0.0875. The first-order valence-corrected chi connectivity index (χ1v) is 9.23. The standard InChI is InChI=1S/C20H25N5O/c1-15(2)25-8-7-21-19(25)14-23-9-11-24(12-10-23)20(26)18-13-16-5-3-4-6-17(16)22-18/h3-8,13,15,22H,9-12,14H2,1-2H3. The van der Waals surface area contributed by atoms with Gasteiger partial charge in [-0.15, -0.1) is 0 Å². The van der Waals surface area contributed by atoms with E-state index in [1.54, 1.807) is 0 Å². The number of nitrogens with zero attached hydrogens (tertiary/aromatic N) is 4. The molecule has 0 saturated carbocycles. The van der Waals surface area contributed by atoms with Crippen LogP contribution in [0.25, 0.3) is 10.9 Å². The van der Waals surface area contributed by atoms with E-state index in [9.17, 15) is 4.79 Å². The van der Waals surface area contributed by atoms with Gasteiger partial charge in [0.1, 0.15) is 11.5 Å². The van der Waals surface area contributed by atoms with E-state index in [-0.39, 0.29) is 5.91 Å². The molecule has 4 rings (SSSR count). The second-order valence-corrected chi connectivity index (χ2v) is 7.18. The largest absolute Gasteiger partial charge is 0.351 e. The summed E-state index contributed by atoms with van der Waals surface area (Å²) in [5.41, 5.74) is 1.69. The molecular weight excluding hydrogens is 326 g/mol. The zero-order chi connectivity index (χ0) is 18.1. The first-order chi connectivity index (χ1) is 12.6. The Balaban J connectivity index is 1.38. The third-order valence-electron chi connectivity index (χ3n) is 5.09. The van der Waals surface area contributed by atoms with E-state index in [0.717, 1.165) is 49.5 Å². The predicted octanol–water partition coefficient (Wildman–Crippen LogP) is 2.90. The number of carbonyl (C=O) groups is 1. The Hall–Kier alpha value is -2.60. The summed E-state index contributed by atoms with van der Waals surface area (Å²) < 4.78 is 2.21. The molecule has 0 spiro atoms. The number of H-pyrrole nitrogens is 1. The van der Waals surface area contributed by atoms with E-state index < -0.39 is 0 Å². The number of para-hydroxylation sites is 1. The monoisotopic (exact) mass is 351 g/mol. The summed E-state index contributed by atoms with van der Waals surface area (Å²) in [5, 5.41) is 1.08. The van der Waals surface area contributed by atoms with Crippen LogP contribution in [-0.4, -0.2) is 56.4 Å². The summed E-state index contributed by atoms with van der Waals surface area (Å²) in [6, 6.07) is 10.4. The average molecular weight is 351 g/mol.